The molecule has 0 aliphatic heterocycles. The molecule has 0 aliphatic carbocycles. The third-order valence-corrected chi connectivity index (χ3v) is 4.30. The van der Waals surface area contributed by atoms with Crippen molar-refractivity contribution in [3.05, 3.63) is 66.0 Å². The van der Waals surface area contributed by atoms with Gasteiger partial charge < -0.3 is 0 Å². The van der Waals surface area contributed by atoms with Crippen molar-refractivity contribution in [2.45, 2.75) is 5.03 Å². The van der Waals surface area contributed by atoms with E-state index in [1.807, 2.05) is 66.7 Å². The summed E-state index contributed by atoms with van der Waals surface area (Å²) in [4.78, 5) is 20.5. The van der Waals surface area contributed by atoms with Crippen molar-refractivity contribution in [1.82, 2.24) is 15.4 Å². The van der Waals surface area contributed by atoms with Gasteiger partial charge in [0.1, 0.15) is 5.03 Å². The molecule has 0 bridgehead atoms. The largest absolute Gasteiger partial charge is 0.294 e. The maximum atomic E-state index is 11.4. The van der Waals surface area contributed by atoms with E-state index in [1.165, 1.54) is 11.8 Å². The van der Waals surface area contributed by atoms with Crippen molar-refractivity contribution in [2.24, 2.45) is 5.84 Å². The summed E-state index contributed by atoms with van der Waals surface area (Å²) in [5.41, 5.74) is 4.05. The number of benzene rings is 2. The van der Waals surface area contributed by atoms with E-state index in [0.29, 0.717) is 5.82 Å². The lowest BCUT2D eigenvalue weighted by molar-refractivity contribution is -0.118. The zero-order valence-corrected chi connectivity index (χ0v) is 13.7. The highest BCUT2D eigenvalue weighted by Crippen LogP contribution is 2.25. The summed E-state index contributed by atoms with van der Waals surface area (Å²) >= 11 is 1.34. The molecule has 2 aromatic carbocycles. The Morgan fingerprint density at radius 3 is 2.58 bits per heavy atom. The Balaban J connectivity index is 1.94. The molecule has 3 aromatic rings. The molecule has 1 aromatic heterocycles. The molecule has 120 valence electrons. The van der Waals surface area contributed by atoms with Crippen molar-refractivity contribution in [2.75, 3.05) is 5.75 Å². The van der Waals surface area contributed by atoms with Gasteiger partial charge in [0.25, 0.3) is 0 Å². The molecule has 1 heterocycles. The third kappa shape index (κ3) is 3.98. The standard InChI is InChI=1S/C18H16N4OS/c19-22-17(23)12-24-18-14-8-4-5-9-15(14)20-16(21-18)11-10-13-6-2-1-3-7-13/h1-11H,12,19H2,(H,22,23). The van der Waals surface area contributed by atoms with Gasteiger partial charge in [-0.05, 0) is 17.7 Å². The fraction of sp³-hybridized carbons (Fsp3) is 0.0556. The van der Waals surface area contributed by atoms with Crippen LogP contribution in [0.2, 0.25) is 0 Å². The highest BCUT2D eigenvalue weighted by molar-refractivity contribution is 8.00. The number of carbonyl (C=O) groups is 1. The average molecular weight is 336 g/mol. The van der Waals surface area contributed by atoms with Gasteiger partial charge in [-0.2, -0.15) is 0 Å². The number of nitrogens with two attached hydrogens (primary N) is 1. The zero-order chi connectivity index (χ0) is 16.8. The Kier molecular flexibility index (Phi) is 5.20. The number of nitrogens with zero attached hydrogens (tertiary/aromatic N) is 2. The van der Waals surface area contributed by atoms with Crippen LogP contribution in [0.5, 0.6) is 0 Å². The number of hydrogen-bond donors (Lipinski definition) is 2. The Morgan fingerprint density at radius 2 is 1.79 bits per heavy atom. The minimum Gasteiger partial charge on any atom is -0.294 e. The van der Waals surface area contributed by atoms with Gasteiger partial charge in [-0.3, -0.25) is 10.2 Å². The van der Waals surface area contributed by atoms with E-state index in [1.54, 1.807) is 0 Å². The number of hydrogen-bond acceptors (Lipinski definition) is 5. The SMILES string of the molecule is NNC(=O)CSc1nc(C=Cc2ccccc2)nc2ccccc12. The lowest BCUT2D eigenvalue weighted by atomic mass is 10.2. The van der Waals surface area contributed by atoms with Gasteiger partial charge in [-0.15, -0.1) is 0 Å². The Hall–Kier alpha value is -2.70. The van der Waals surface area contributed by atoms with Gasteiger partial charge in [0.05, 0.1) is 11.3 Å². The molecule has 3 rings (SSSR count). The summed E-state index contributed by atoms with van der Waals surface area (Å²) in [7, 11) is 0. The third-order valence-electron chi connectivity index (χ3n) is 3.31. The number of fused-ring (bicyclic) bond motifs is 1. The minimum atomic E-state index is -0.246. The zero-order valence-electron chi connectivity index (χ0n) is 12.8. The van der Waals surface area contributed by atoms with Crippen LogP contribution in [0.25, 0.3) is 23.1 Å². The van der Waals surface area contributed by atoms with Gasteiger partial charge in [-0.25, -0.2) is 15.8 Å². The second-order valence-corrected chi connectivity index (χ2v) is 5.97. The summed E-state index contributed by atoms with van der Waals surface area (Å²) in [6, 6.07) is 17.7. The van der Waals surface area contributed by atoms with E-state index in [9.17, 15) is 4.79 Å². The monoisotopic (exact) mass is 336 g/mol. The van der Waals surface area contributed by atoms with Crippen LogP contribution in [0.1, 0.15) is 11.4 Å². The number of rotatable bonds is 5. The molecular weight excluding hydrogens is 320 g/mol. The predicted octanol–water partition coefficient (Wildman–Crippen LogP) is 2.88. The molecule has 0 saturated heterocycles. The van der Waals surface area contributed by atoms with E-state index in [0.717, 1.165) is 21.5 Å². The van der Waals surface area contributed by atoms with Crippen LogP contribution in [0.4, 0.5) is 0 Å². The van der Waals surface area contributed by atoms with E-state index in [-0.39, 0.29) is 11.7 Å². The van der Waals surface area contributed by atoms with E-state index < -0.39 is 0 Å². The van der Waals surface area contributed by atoms with Gasteiger partial charge in [-0.1, -0.05) is 66.4 Å². The number of aromatic nitrogens is 2. The van der Waals surface area contributed by atoms with Crippen molar-refractivity contribution < 1.29 is 4.79 Å². The molecular formula is C18H16N4OS. The predicted molar refractivity (Wildman–Crippen MR) is 98.0 cm³/mol. The molecule has 3 N–H and O–H groups in total. The topological polar surface area (TPSA) is 80.9 Å². The van der Waals surface area contributed by atoms with Gasteiger partial charge in [0, 0.05) is 5.39 Å². The molecule has 0 unspecified atom stereocenters. The average Bonchev–Trinajstić information content (AvgIpc) is 2.65. The maximum Gasteiger partial charge on any atom is 0.244 e. The van der Waals surface area contributed by atoms with Crippen LogP contribution in [0, 0.1) is 0 Å². The maximum absolute atomic E-state index is 11.4. The Morgan fingerprint density at radius 1 is 1.04 bits per heavy atom. The first-order chi connectivity index (χ1) is 11.8. The first kappa shape index (κ1) is 16.2. The Bertz CT molecular complexity index is 881. The molecule has 0 atom stereocenters. The summed E-state index contributed by atoms with van der Waals surface area (Å²) in [5.74, 6) is 5.70. The van der Waals surface area contributed by atoms with E-state index >= 15 is 0 Å². The van der Waals surface area contributed by atoms with Crippen molar-refractivity contribution >= 4 is 40.7 Å². The number of para-hydroxylation sites is 1. The van der Waals surface area contributed by atoms with Crippen molar-refractivity contribution in [1.29, 1.82) is 0 Å². The number of nitrogens with one attached hydrogen (secondary N) is 1. The fourth-order valence-electron chi connectivity index (χ4n) is 2.16. The van der Waals surface area contributed by atoms with Crippen LogP contribution >= 0.6 is 11.8 Å². The second kappa shape index (κ2) is 7.72. The first-order valence-electron chi connectivity index (χ1n) is 7.38. The van der Waals surface area contributed by atoms with Crippen LogP contribution in [0.15, 0.2) is 59.6 Å². The molecule has 5 nitrogen and oxygen atoms in total. The number of amides is 1. The summed E-state index contributed by atoms with van der Waals surface area (Å²) < 4.78 is 0. The van der Waals surface area contributed by atoms with Crippen LogP contribution in [0.3, 0.4) is 0 Å². The normalized spacial score (nSPS) is 11.0. The fourth-order valence-corrected chi connectivity index (χ4v) is 3.00. The number of thioether (sulfide) groups is 1. The molecule has 0 radical (unpaired) electrons. The molecule has 0 saturated carbocycles. The highest BCUT2D eigenvalue weighted by atomic mass is 32.2. The summed E-state index contributed by atoms with van der Waals surface area (Å²) in [6.45, 7) is 0. The lowest BCUT2D eigenvalue weighted by Crippen LogP contribution is -2.31. The Labute approximate surface area is 144 Å². The molecule has 0 spiro atoms. The van der Waals surface area contributed by atoms with Crippen molar-refractivity contribution in [3.8, 4) is 0 Å². The van der Waals surface area contributed by atoms with Crippen LogP contribution in [-0.2, 0) is 4.79 Å². The van der Waals surface area contributed by atoms with Gasteiger partial charge >= 0.3 is 0 Å². The highest BCUT2D eigenvalue weighted by Gasteiger charge is 2.09. The van der Waals surface area contributed by atoms with E-state index in [2.05, 4.69) is 15.4 Å². The van der Waals surface area contributed by atoms with Crippen molar-refractivity contribution in [3.63, 3.8) is 0 Å². The molecule has 24 heavy (non-hydrogen) atoms. The molecule has 6 heteroatoms. The number of carbonyl (C=O) groups excluding carboxylic acids is 1. The second-order valence-electron chi connectivity index (χ2n) is 5.00. The van der Waals surface area contributed by atoms with Crippen LogP contribution < -0.4 is 11.3 Å². The number of hydrazine groups is 1. The molecule has 0 aliphatic rings. The summed E-state index contributed by atoms with van der Waals surface area (Å²) in [6.07, 6.45) is 3.83. The molecule has 1 amide bonds. The van der Waals surface area contributed by atoms with E-state index in [4.69, 9.17) is 5.84 Å². The molecule has 0 fully saturated rings. The lowest BCUT2D eigenvalue weighted by Gasteiger charge is -2.06. The van der Waals surface area contributed by atoms with Crippen LogP contribution in [-0.4, -0.2) is 21.6 Å². The smallest absolute Gasteiger partial charge is 0.244 e. The van der Waals surface area contributed by atoms with Gasteiger partial charge in [0.2, 0.25) is 5.91 Å². The summed E-state index contributed by atoms with van der Waals surface area (Å²) in [5, 5.41) is 1.68. The first-order valence-corrected chi connectivity index (χ1v) is 8.37. The minimum absolute atomic E-state index is 0.208. The van der Waals surface area contributed by atoms with Gasteiger partial charge in [0.15, 0.2) is 5.82 Å². The quantitative estimate of drug-likeness (QED) is 0.246.